The average Bonchev–Trinajstić information content (AvgIpc) is 3.51. The summed E-state index contributed by atoms with van der Waals surface area (Å²) >= 11 is 0. The van der Waals surface area contributed by atoms with E-state index in [1.165, 1.54) is 34.1 Å². The van der Waals surface area contributed by atoms with Crippen molar-refractivity contribution in [2.45, 2.75) is 12.3 Å². The fourth-order valence-electron chi connectivity index (χ4n) is 3.34. The normalized spacial score (nSPS) is 15.9. The number of carbonyl (C=O) groups is 2. The molecule has 35 heavy (non-hydrogen) atoms. The van der Waals surface area contributed by atoms with Crippen molar-refractivity contribution in [2.24, 2.45) is 7.05 Å². The number of nitrogens with zero attached hydrogens (tertiary/aromatic N) is 5. The van der Waals surface area contributed by atoms with Gasteiger partial charge in [0.25, 0.3) is 5.91 Å². The number of oxazole rings is 1. The summed E-state index contributed by atoms with van der Waals surface area (Å²) in [6, 6.07) is 2.80. The van der Waals surface area contributed by atoms with E-state index in [4.69, 9.17) is 9.15 Å². The number of likely N-dealkylation sites (N-methyl/N-ethyl adjacent to an activating group) is 1. The minimum Gasteiger partial charge on any atom is -0.444 e. The van der Waals surface area contributed by atoms with Crippen LogP contribution in [-0.4, -0.2) is 70.7 Å². The molecule has 2 amide bonds. The highest BCUT2D eigenvalue weighted by Crippen LogP contribution is 2.29. The molecule has 0 aromatic carbocycles. The standard InChI is InChI=1S/C20H21F3N8O4/c1-24-6-12-7-31(19(33)35-12)16-13(8-30(2)29-16)27-17(32)14-9-34-18(28-14)11-3-4-25-15(5-11)26-10-20(21,22)23/h3-5,8-9,12,24H,6-7,10H2,1-2H3,(H,25,26)(H,27,32). The van der Waals surface area contributed by atoms with Crippen molar-refractivity contribution in [1.82, 2.24) is 25.1 Å². The van der Waals surface area contributed by atoms with Crippen molar-refractivity contribution >= 4 is 29.3 Å². The number of hydrogen-bond acceptors (Lipinski definition) is 9. The van der Waals surface area contributed by atoms with Gasteiger partial charge in [0.2, 0.25) is 5.89 Å². The second-order valence-electron chi connectivity index (χ2n) is 7.60. The van der Waals surface area contributed by atoms with Crippen LogP contribution < -0.4 is 20.9 Å². The molecule has 3 N–H and O–H groups in total. The van der Waals surface area contributed by atoms with Crippen LogP contribution in [0.25, 0.3) is 11.5 Å². The smallest absolute Gasteiger partial charge is 0.416 e. The molecule has 4 heterocycles. The number of pyridine rings is 1. The second-order valence-corrected chi connectivity index (χ2v) is 7.60. The molecule has 1 aliphatic heterocycles. The molecule has 1 atom stereocenters. The van der Waals surface area contributed by atoms with Gasteiger partial charge in [0.1, 0.15) is 30.4 Å². The lowest BCUT2D eigenvalue weighted by atomic mass is 10.2. The minimum atomic E-state index is -4.41. The van der Waals surface area contributed by atoms with E-state index in [0.717, 1.165) is 6.26 Å². The molecule has 0 bridgehead atoms. The lowest BCUT2D eigenvalue weighted by Crippen LogP contribution is -2.30. The number of alkyl halides is 3. The fraction of sp³-hybridized carbons (Fsp3) is 0.350. The van der Waals surface area contributed by atoms with E-state index in [-0.39, 0.29) is 41.6 Å². The lowest BCUT2D eigenvalue weighted by molar-refractivity contribution is -0.115. The summed E-state index contributed by atoms with van der Waals surface area (Å²) in [6.07, 6.45) is -1.44. The largest absolute Gasteiger partial charge is 0.444 e. The van der Waals surface area contributed by atoms with Crippen LogP contribution in [0.5, 0.6) is 0 Å². The van der Waals surface area contributed by atoms with Crippen molar-refractivity contribution in [1.29, 1.82) is 0 Å². The first-order valence-corrected chi connectivity index (χ1v) is 10.3. The minimum absolute atomic E-state index is 0.0112. The Morgan fingerprint density at radius 1 is 1.34 bits per heavy atom. The highest BCUT2D eigenvalue weighted by Gasteiger charge is 2.35. The van der Waals surface area contributed by atoms with Gasteiger partial charge >= 0.3 is 12.3 Å². The summed E-state index contributed by atoms with van der Waals surface area (Å²) in [4.78, 5) is 34.3. The Morgan fingerprint density at radius 3 is 2.89 bits per heavy atom. The summed E-state index contributed by atoms with van der Waals surface area (Å²) in [6.45, 7) is -0.544. The summed E-state index contributed by atoms with van der Waals surface area (Å²) < 4.78 is 49.4. The number of halogens is 3. The number of ether oxygens (including phenoxy) is 1. The monoisotopic (exact) mass is 494 g/mol. The highest BCUT2D eigenvalue weighted by atomic mass is 19.4. The Hall–Kier alpha value is -4.14. The van der Waals surface area contributed by atoms with Gasteiger partial charge in [-0.25, -0.2) is 14.8 Å². The summed E-state index contributed by atoms with van der Waals surface area (Å²) in [5, 5.41) is 12.0. The molecule has 3 aromatic rings. The van der Waals surface area contributed by atoms with Crippen LogP contribution in [0.2, 0.25) is 0 Å². The van der Waals surface area contributed by atoms with Gasteiger partial charge in [-0.3, -0.25) is 14.4 Å². The molecule has 1 aliphatic rings. The summed E-state index contributed by atoms with van der Waals surface area (Å²) in [5.41, 5.74) is 0.487. The molecule has 3 aromatic heterocycles. The maximum atomic E-state index is 12.8. The van der Waals surface area contributed by atoms with E-state index in [0.29, 0.717) is 12.1 Å². The van der Waals surface area contributed by atoms with Gasteiger partial charge in [0, 0.05) is 25.4 Å². The number of rotatable bonds is 8. The third-order valence-electron chi connectivity index (χ3n) is 4.83. The van der Waals surface area contributed by atoms with Crippen molar-refractivity contribution < 1.29 is 31.9 Å². The van der Waals surface area contributed by atoms with Crippen molar-refractivity contribution in [3.63, 3.8) is 0 Å². The third-order valence-corrected chi connectivity index (χ3v) is 4.83. The van der Waals surface area contributed by atoms with E-state index >= 15 is 0 Å². The van der Waals surface area contributed by atoms with Gasteiger partial charge in [-0.05, 0) is 19.2 Å². The first kappa shape index (κ1) is 24.0. The third kappa shape index (κ3) is 5.68. The fourth-order valence-corrected chi connectivity index (χ4v) is 3.34. The Balaban J connectivity index is 1.48. The molecule has 0 spiro atoms. The number of hydrogen-bond donors (Lipinski definition) is 3. The SMILES string of the molecule is CNCC1CN(c2nn(C)cc2NC(=O)c2coc(-c3ccnc(NCC(F)(F)F)c3)n2)C(=O)O1. The molecule has 4 rings (SSSR count). The zero-order valence-corrected chi connectivity index (χ0v) is 18.6. The molecule has 1 unspecified atom stereocenters. The quantitative estimate of drug-likeness (QED) is 0.430. The molecular formula is C20H21F3N8O4. The van der Waals surface area contributed by atoms with Gasteiger partial charge in [-0.15, -0.1) is 0 Å². The predicted octanol–water partition coefficient (Wildman–Crippen LogP) is 2.24. The van der Waals surface area contributed by atoms with Gasteiger partial charge in [-0.1, -0.05) is 0 Å². The number of aromatic nitrogens is 4. The number of cyclic esters (lactones) is 1. The Morgan fingerprint density at radius 2 is 2.14 bits per heavy atom. The maximum absolute atomic E-state index is 12.8. The highest BCUT2D eigenvalue weighted by molar-refractivity contribution is 6.05. The van der Waals surface area contributed by atoms with Crippen molar-refractivity contribution in [3.05, 3.63) is 36.5 Å². The van der Waals surface area contributed by atoms with Crippen LogP contribution >= 0.6 is 0 Å². The predicted molar refractivity (Wildman–Crippen MR) is 117 cm³/mol. The van der Waals surface area contributed by atoms with E-state index in [1.807, 2.05) is 0 Å². The lowest BCUT2D eigenvalue weighted by Gasteiger charge is -2.12. The van der Waals surface area contributed by atoms with Gasteiger partial charge < -0.3 is 25.1 Å². The van der Waals surface area contributed by atoms with Crippen molar-refractivity contribution in [2.75, 3.05) is 42.2 Å². The van der Waals surface area contributed by atoms with Gasteiger partial charge in [0.15, 0.2) is 11.5 Å². The molecule has 186 valence electrons. The van der Waals surface area contributed by atoms with Crippen LogP contribution in [0.1, 0.15) is 10.5 Å². The topological polar surface area (TPSA) is 139 Å². The van der Waals surface area contributed by atoms with Gasteiger partial charge in [0.05, 0.1) is 12.7 Å². The summed E-state index contributed by atoms with van der Waals surface area (Å²) in [7, 11) is 3.37. The van der Waals surface area contributed by atoms with Crippen molar-refractivity contribution in [3.8, 4) is 11.5 Å². The molecular weight excluding hydrogens is 473 g/mol. The van der Waals surface area contributed by atoms with Gasteiger partial charge in [-0.2, -0.15) is 18.3 Å². The number of carbonyl (C=O) groups excluding carboxylic acids is 2. The molecule has 1 saturated heterocycles. The molecule has 15 heteroatoms. The zero-order chi connectivity index (χ0) is 25.2. The first-order valence-electron chi connectivity index (χ1n) is 10.3. The average molecular weight is 494 g/mol. The zero-order valence-electron chi connectivity index (χ0n) is 18.6. The summed E-state index contributed by atoms with van der Waals surface area (Å²) in [5.74, 6) is -0.448. The number of nitrogens with one attached hydrogen (secondary N) is 3. The van der Waals surface area contributed by atoms with Crippen LogP contribution in [0.15, 0.2) is 35.2 Å². The van der Waals surface area contributed by atoms with Crippen LogP contribution in [-0.2, 0) is 11.8 Å². The van der Waals surface area contributed by atoms with Crippen LogP contribution in [0.4, 0.5) is 35.3 Å². The maximum Gasteiger partial charge on any atom is 0.416 e. The molecule has 12 nitrogen and oxygen atoms in total. The molecule has 0 aliphatic carbocycles. The Bertz CT molecular complexity index is 1230. The number of aryl methyl sites for hydroxylation is 1. The second kappa shape index (κ2) is 9.61. The van der Waals surface area contributed by atoms with E-state index in [9.17, 15) is 22.8 Å². The molecule has 1 fully saturated rings. The first-order chi connectivity index (χ1) is 16.6. The van der Waals surface area contributed by atoms with E-state index in [2.05, 4.69) is 31.0 Å². The van der Waals surface area contributed by atoms with E-state index in [1.54, 1.807) is 14.1 Å². The number of anilines is 3. The molecule has 0 radical (unpaired) electrons. The van der Waals surface area contributed by atoms with E-state index < -0.39 is 24.7 Å². The molecule has 0 saturated carbocycles. The Kier molecular flexibility index (Phi) is 6.59. The Labute approximate surface area is 196 Å². The van der Waals surface area contributed by atoms with Crippen LogP contribution in [0.3, 0.4) is 0 Å². The van der Waals surface area contributed by atoms with Crippen LogP contribution in [0, 0.1) is 0 Å². The number of amides is 2.